The number of phenolic OH excluding ortho intramolecular Hbond substituents is 1. The summed E-state index contributed by atoms with van der Waals surface area (Å²) < 4.78 is 0. The number of phenols is 1. The van der Waals surface area contributed by atoms with E-state index in [2.05, 4.69) is 0 Å². The summed E-state index contributed by atoms with van der Waals surface area (Å²) in [7, 11) is 0. The predicted molar refractivity (Wildman–Crippen MR) is 51.3 cm³/mol. The number of benzene rings is 1. The molecule has 0 bridgehead atoms. The fraction of sp³-hybridized carbons (Fsp3) is 0.400. The van der Waals surface area contributed by atoms with Gasteiger partial charge in [0.2, 0.25) is 0 Å². The van der Waals surface area contributed by atoms with Crippen LogP contribution in [0.4, 0.5) is 0 Å². The summed E-state index contributed by atoms with van der Waals surface area (Å²) >= 11 is 0. The molecule has 72 valence electrons. The van der Waals surface area contributed by atoms with Crippen LogP contribution < -0.4 is 5.73 Å². The number of hydrogen-bond donors (Lipinski definition) is 3. The van der Waals surface area contributed by atoms with Crippen LogP contribution in [0.2, 0.25) is 0 Å². The van der Waals surface area contributed by atoms with E-state index in [1.807, 2.05) is 6.92 Å². The largest absolute Gasteiger partial charge is 0.508 e. The topological polar surface area (TPSA) is 66.5 Å². The molecule has 0 saturated carbocycles. The molecule has 1 aromatic carbocycles. The van der Waals surface area contributed by atoms with E-state index in [1.165, 1.54) is 0 Å². The van der Waals surface area contributed by atoms with E-state index in [1.54, 1.807) is 24.3 Å². The molecule has 0 aliphatic heterocycles. The highest BCUT2D eigenvalue weighted by Crippen LogP contribution is 2.22. The molecule has 13 heavy (non-hydrogen) atoms. The molecule has 0 heterocycles. The normalized spacial score (nSPS) is 15.3. The first-order valence-electron chi connectivity index (χ1n) is 4.25. The molecular weight excluding hydrogens is 166 g/mol. The van der Waals surface area contributed by atoms with Gasteiger partial charge in [0.1, 0.15) is 5.75 Å². The number of aliphatic hydroxyl groups is 1. The second-order valence-corrected chi connectivity index (χ2v) is 3.44. The summed E-state index contributed by atoms with van der Waals surface area (Å²) in [5.74, 6) is 0.226. The van der Waals surface area contributed by atoms with Gasteiger partial charge in [0.05, 0.1) is 0 Å². The summed E-state index contributed by atoms with van der Waals surface area (Å²) in [6.07, 6.45) is 0.512. The summed E-state index contributed by atoms with van der Waals surface area (Å²) in [5, 5.41) is 17.9. The summed E-state index contributed by atoms with van der Waals surface area (Å²) in [6, 6.07) is 6.73. The first kappa shape index (κ1) is 10.0. The molecule has 0 aromatic heterocycles. The lowest BCUT2D eigenvalue weighted by Gasteiger charge is -2.24. The molecule has 0 fully saturated rings. The van der Waals surface area contributed by atoms with Gasteiger partial charge in [0.15, 0.2) is 0 Å². The third kappa shape index (κ3) is 2.44. The summed E-state index contributed by atoms with van der Waals surface area (Å²) in [4.78, 5) is 0. The van der Waals surface area contributed by atoms with Gasteiger partial charge in [-0.2, -0.15) is 0 Å². The Hall–Kier alpha value is -1.06. The minimum absolute atomic E-state index is 0.0634. The van der Waals surface area contributed by atoms with Crippen molar-refractivity contribution in [1.29, 1.82) is 0 Å². The van der Waals surface area contributed by atoms with Crippen LogP contribution in [-0.4, -0.2) is 16.8 Å². The van der Waals surface area contributed by atoms with Crippen molar-refractivity contribution < 1.29 is 10.2 Å². The molecule has 3 nitrogen and oxygen atoms in total. The number of hydrogen-bond acceptors (Lipinski definition) is 3. The minimum Gasteiger partial charge on any atom is -0.508 e. The Bertz CT molecular complexity index is 267. The van der Waals surface area contributed by atoms with Crippen molar-refractivity contribution in [1.82, 2.24) is 0 Å². The van der Waals surface area contributed by atoms with E-state index in [-0.39, 0.29) is 12.4 Å². The molecule has 0 saturated heterocycles. The first-order chi connectivity index (χ1) is 6.06. The van der Waals surface area contributed by atoms with Crippen LogP contribution >= 0.6 is 0 Å². The van der Waals surface area contributed by atoms with E-state index in [4.69, 9.17) is 15.9 Å². The van der Waals surface area contributed by atoms with Crippen molar-refractivity contribution >= 4 is 0 Å². The molecule has 1 atom stereocenters. The lowest BCUT2D eigenvalue weighted by molar-refractivity contribution is 0.247. The van der Waals surface area contributed by atoms with Crippen LogP contribution in [0, 0.1) is 0 Å². The molecular formula is C10H15NO2. The van der Waals surface area contributed by atoms with Gasteiger partial charge in [-0.25, -0.2) is 0 Å². The Labute approximate surface area is 77.8 Å². The fourth-order valence-corrected chi connectivity index (χ4v) is 1.22. The Morgan fingerprint density at radius 2 is 1.85 bits per heavy atom. The van der Waals surface area contributed by atoms with Gasteiger partial charge < -0.3 is 15.9 Å². The van der Waals surface area contributed by atoms with Crippen LogP contribution in [-0.2, 0) is 5.54 Å². The molecule has 0 radical (unpaired) electrons. The number of rotatable bonds is 3. The third-order valence-electron chi connectivity index (χ3n) is 2.16. The van der Waals surface area contributed by atoms with Crippen LogP contribution in [0.3, 0.4) is 0 Å². The van der Waals surface area contributed by atoms with Gasteiger partial charge in [-0.1, -0.05) is 12.1 Å². The number of nitrogens with two attached hydrogens (primary N) is 1. The minimum atomic E-state index is -0.525. The summed E-state index contributed by atoms with van der Waals surface area (Å²) in [6.45, 7) is 1.92. The molecule has 0 aliphatic carbocycles. The van der Waals surface area contributed by atoms with E-state index in [0.717, 1.165) is 5.56 Å². The van der Waals surface area contributed by atoms with E-state index >= 15 is 0 Å². The third-order valence-corrected chi connectivity index (χ3v) is 2.16. The maximum absolute atomic E-state index is 9.06. The molecule has 3 heteroatoms. The molecule has 0 spiro atoms. The highest BCUT2D eigenvalue weighted by atomic mass is 16.3. The van der Waals surface area contributed by atoms with Crippen molar-refractivity contribution in [3.05, 3.63) is 29.8 Å². The Morgan fingerprint density at radius 1 is 1.31 bits per heavy atom. The predicted octanol–water partition coefficient (Wildman–Crippen LogP) is 0.948. The van der Waals surface area contributed by atoms with Crippen molar-refractivity contribution in [3.8, 4) is 5.75 Å². The summed E-state index contributed by atoms with van der Waals surface area (Å²) in [5.41, 5.74) is 6.35. The molecule has 0 aliphatic rings. The molecule has 4 N–H and O–H groups in total. The van der Waals surface area contributed by atoms with Gasteiger partial charge in [-0.15, -0.1) is 0 Å². The zero-order chi connectivity index (χ0) is 9.90. The van der Waals surface area contributed by atoms with Crippen LogP contribution in [0.15, 0.2) is 24.3 Å². The van der Waals surface area contributed by atoms with Gasteiger partial charge >= 0.3 is 0 Å². The molecule has 1 aromatic rings. The Morgan fingerprint density at radius 3 is 2.31 bits per heavy atom. The fourth-order valence-electron chi connectivity index (χ4n) is 1.22. The maximum Gasteiger partial charge on any atom is 0.115 e. The molecule has 0 unspecified atom stereocenters. The van der Waals surface area contributed by atoms with Crippen LogP contribution in [0.25, 0.3) is 0 Å². The SMILES string of the molecule is C[C@](N)(CCO)c1ccc(O)cc1. The van der Waals surface area contributed by atoms with Crippen LogP contribution in [0.5, 0.6) is 5.75 Å². The maximum atomic E-state index is 9.06. The van der Waals surface area contributed by atoms with E-state index in [9.17, 15) is 0 Å². The average Bonchev–Trinajstić information content (AvgIpc) is 2.05. The zero-order valence-electron chi connectivity index (χ0n) is 7.70. The van der Waals surface area contributed by atoms with Gasteiger partial charge in [0, 0.05) is 12.1 Å². The van der Waals surface area contributed by atoms with E-state index < -0.39 is 5.54 Å². The molecule has 0 amide bonds. The van der Waals surface area contributed by atoms with Crippen molar-refractivity contribution in [2.75, 3.05) is 6.61 Å². The quantitative estimate of drug-likeness (QED) is 0.650. The lowest BCUT2D eigenvalue weighted by atomic mass is 9.90. The smallest absolute Gasteiger partial charge is 0.115 e. The van der Waals surface area contributed by atoms with Crippen molar-refractivity contribution in [2.45, 2.75) is 18.9 Å². The van der Waals surface area contributed by atoms with Gasteiger partial charge in [-0.3, -0.25) is 0 Å². The Kier molecular flexibility index (Phi) is 2.90. The first-order valence-corrected chi connectivity index (χ1v) is 4.25. The number of aliphatic hydroxyl groups excluding tert-OH is 1. The van der Waals surface area contributed by atoms with Crippen molar-refractivity contribution in [3.63, 3.8) is 0 Å². The Balaban J connectivity index is 2.87. The van der Waals surface area contributed by atoms with Crippen molar-refractivity contribution in [2.24, 2.45) is 5.73 Å². The highest BCUT2D eigenvalue weighted by Gasteiger charge is 2.19. The molecule has 1 rings (SSSR count). The number of aromatic hydroxyl groups is 1. The lowest BCUT2D eigenvalue weighted by Crippen LogP contribution is -2.33. The zero-order valence-corrected chi connectivity index (χ0v) is 7.70. The second kappa shape index (κ2) is 3.77. The van der Waals surface area contributed by atoms with Gasteiger partial charge in [-0.05, 0) is 31.0 Å². The van der Waals surface area contributed by atoms with Gasteiger partial charge in [0.25, 0.3) is 0 Å². The highest BCUT2D eigenvalue weighted by molar-refractivity contribution is 5.30. The van der Waals surface area contributed by atoms with E-state index in [0.29, 0.717) is 6.42 Å². The van der Waals surface area contributed by atoms with Crippen LogP contribution in [0.1, 0.15) is 18.9 Å². The second-order valence-electron chi connectivity index (χ2n) is 3.44. The monoisotopic (exact) mass is 181 g/mol. The average molecular weight is 181 g/mol. The standard InChI is InChI=1S/C10H15NO2/c1-10(11,6-7-12)8-2-4-9(13)5-3-8/h2-5,12-13H,6-7,11H2,1H3/t10-/m0/s1.